The first-order valence-corrected chi connectivity index (χ1v) is 11.3. The van der Waals surface area contributed by atoms with E-state index in [9.17, 15) is 13.7 Å². The number of phosphoric ester groups is 1. The molecule has 0 fully saturated rings. The second-order valence-electron chi connectivity index (χ2n) is 4.11. The van der Waals surface area contributed by atoms with E-state index in [0.717, 1.165) is 14.2 Å². The van der Waals surface area contributed by atoms with E-state index in [1.54, 1.807) is 0 Å². The summed E-state index contributed by atoms with van der Waals surface area (Å²) in [6.45, 7) is 5.69. The van der Waals surface area contributed by atoms with E-state index >= 15 is 0 Å². The van der Waals surface area contributed by atoms with E-state index in [-0.39, 0.29) is 0 Å². The van der Waals surface area contributed by atoms with Gasteiger partial charge in [0.1, 0.15) is 14.3 Å². The first kappa shape index (κ1) is 16.6. The van der Waals surface area contributed by atoms with Gasteiger partial charge in [-0.05, 0) is 26.7 Å². The van der Waals surface area contributed by atoms with Crippen molar-refractivity contribution in [2.45, 2.75) is 5.59 Å². The van der Waals surface area contributed by atoms with Crippen molar-refractivity contribution in [3.05, 3.63) is 0 Å². The van der Waals surface area contributed by atoms with Crippen molar-refractivity contribution < 1.29 is 27.3 Å². The van der Waals surface area contributed by atoms with Gasteiger partial charge in [-0.1, -0.05) is 0 Å². The molecule has 6 nitrogen and oxygen atoms in total. The van der Waals surface area contributed by atoms with Crippen LogP contribution in [0, 0.1) is 0 Å². The molecule has 98 valence electrons. The Kier molecular flexibility index (Phi) is 5.67. The molecule has 0 aliphatic heterocycles. The Balaban J connectivity index is 5.21. The number of hydrogen-bond donors (Lipinski definition) is 0. The maximum Gasteiger partial charge on any atom is 0.475 e. The van der Waals surface area contributed by atoms with Crippen LogP contribution in [-0.4, -0.2) is 46.5 Å². The minimum atomic E-state index is -3.77. The molecule has 0 aromatic carbocycles. The molecule has 0 amide bonds. The maximum atomic E-state index is 11.9. The lowest BCUT2D eigenvalue weighted by molar-refractivity contribution is 0.158. The van der Waals surface area contributed by atoms with E-state index in [1.807, 2.05) is 0 Å². The van der Waals surface area contributed by atoms with Gasteiger partial charge in [-0.15, -0.1) is 0 Å². The maximum absolute atomic E-state index is 11.9. The quantitative estimate of drug-likeness (QED) is 0.700. The zero-order valence-electron chi connectivity index (χ0n) is 10.4. The molecule has 0 rings (SSSR count). The summed E-state index contributed by atoms with van der Waals surface area (Å²) in [7, 11) is -7.16. The Morgan fingerprint density at radius 2 is 1.12 bits per heavy atom. The van der Waals surface area contributed by atoms with Crippen LogP contribution in [0.2, 0.25) is 0 Å². The fourth-order valence-electron chi connectivity index (χ4n) is 1.17. The molecule has 0 spiro atoms. The van der Waals surface area contributed by atoms with Gasteiger partial charge in [-0.2, -0.15) is 0 Å². The molecule has 0 aromatic heterocycles. The topological polar surface area (TPSA) is 78.9 Å². The third-order valence-corrected chi connectivity index (χ3v) is 9.11. The van der Waals surface area contributed by atoms with Crippen LogP contribution in [0.1, 0.15) is 0 Å². The second-order valence-corrected chi connectivity index (χ2v) is 13.0. The second kappa shape index (κ2) is 5.48. The van der Waals surface area contributed by atoms with Gasteiger partial charge in [-0.3, -0.25) is 13.6 Å². The molecule has 0 bridgehead atoms. The van der Waals surface area contributed by atoms with Crippen LogP contribution >= 0.6 is 22.1 Å². The summed E-state index contributed by atoms with van der Waals surface area (Å²) in [6.07, 6.45) is 0. The molecule has 0 radical (unpaired) electrons. The summed E-state index contributed by atoms with van der Waals surface area (Å²) in [5, 5.41) is 0. The molecule has 0 aromatic rings. The molecule has 0 saturated carbocycles. The average Bonchev–Trinajstić information content (AvgIpc) is 2.10. The minimum Gasteiger partial charge on any atom is -0.321 e. The summed E-state index contributed by atoms with van der Waals surface area (Å²) >= 11 is 0. The van der Waals surface area contributed by atoms with Crippen LogP contribution in [0.25, 0.3) is 0 Å². The van der Waals surface area contributed by atoms with Gasteiger partial charge in [-0.25, -0.2) is 4.57 Å². The number of hydrogen-bond acceptors (Lipinski definition) is 6. The summed E-state index contributed by atoms with van der Waals surface area (Å²) in [5.74, 6) is 0. The Bertz CT molecular complexity index is 336. The Morgan fingerprint density at radius 3 is 1.31 bits per heavy atom. The lowest BCUT2D eigenvalue weighted by Crippen LogP contribution is -2.12. The van der Waals surface area contributed by atoms with Crippen LogP contribution in [0.5, 0.6) is 0 Å². The highest BCUT2D eigenvalue weighted by Gasteiger charge is 2.41. The van der Waals surface area contributed by atoms with Gasteiger partial charge in [0.05, 0.1) is 0 Å². The van der Waals surface area contributed by atoms with Gasteiger partial charge in [0.15, 0.2) is 5.59 Å². The van der Waals surface area contributed by atoms with Crippen molar-refractivity contribution in [1.82, 2.24) is 0 Å². The van der Waals surface area contributed by atoms with Crippen molar-refractivity contribution >= 4 is 22.1 Å². The lowest BCUT2D eigenvalue weighted by atomic mass is 11.6. The third kappa shape index (κ3) is 4.83. The van der Waals surface area contributed by atoms with Gasteiger partial charge < -0.3 is 9.13 Å². The van der Waals surface area contributed by atoms with Crippen molar-refractivity contribution in [1.29, 1.82) is 0 Å². The fourth-order valence-corrected chi connectivity index (χ4v) is 9.59. The Morgan fingerprint density at radius 1 is 0.812 bits per heavy atom. The lowest BCUT2D eigenvalue weighted by Gasteiger charge is -2.27. The van der Waals surface area contributed by atoms with Crippen molar-refractivity contribution in [3.63, 3.8) is 0 Å². The molecule has 0 saturated heterocycles. The summed E-state index contributed by atoms with van der Waals surface area (Å²) in [5.41, 5.74) is -1.12. The van der Waals surface area contributed by atoms with E-state index in [1.165, 1.54) is 26.7 Å². The molecule has 16 heavy (non-hydrogen) atoms. The molecule has 0 unspecified atom stereocenters. The van der Waals surface area contributed by atoms with Crippen molar-refractivity contribution in [2.75, 3.05) is 40.9 Å². The van der Waals surface area contributed by atoms with Crippen molar-refractivity contribution in [2.24, 2.45) is 0 Å². The van der Waals surface area contributed by atoms with E-state index in [0.29, 0.717) is 0 Å². The van der Waals surface area contributed by atoms with E-state index in [2.05, 4.69) is 9.05 Å². The third-order valence-electron chi connectivity index (χ3n) is 1.73. The van der Waals surface area contributed by atoms with Gasteiger partial charge >= 0.3 is 7.82 Å². The molecule has 0 aliphatic carbocycles. The van der Waals surface area contributed by atoms with E-state index in [4.69, 9.17) is 4.52 Å². The first-order valence-electron chi connectivity index (χ1n) is 4.45. The monoisotopic (exact) mass is 292 g/mol. The van der Waals surface area contributed by atoms with Gasteiger partial charge in [0, 0.05) is 14.2 Å². The van der Waals surface area contributed by atoms with Gasteiger partial charge in [0.25, 0.3) is 0 Å². The van der Waals surface area contributed by atoms with E-state index < -0.39 is 27.7 Å². The van der Waals surface area contributed by atoms with Crippen LogP contribution in [0.3, 0.4) is 0 Å². The SMILES string of the molecule is COP(=O)(OC)OC(P(C)(C)=O)P(C)(C)=O. The highest BCUT2D eigenvalue weighted by molar-refractivity contribution is 7.80. The molecular formula is C7H19O6P3. The van der Waals surface area contributed by atoms with Crippen LogP contribution < -0.4 is 0 Å². The summed E-state index contributed by atoms with van der Waals surface area (Å²) in [4.78, 5) is 0. The zero-order valence-corrected chi connectivity index (χ0v) is 13.1. The average molecular weight is 292 g/mol. The Hall–Kier alpha value is 0.570. The first-order chi connectivity index (χ1) is 6.96. The van der Waals surface area contributed by atoms with Crippen LogP contribution in [-0.2, 0) is 27.3 Å². The fraction of sp³-hybridized carbons (Fsp3) is 1.00. The summed E-state index contributed by atoms with van der Waals surface area (Å²) < 4.78 is 49.8. The predicted molar refractivity (Wildman–Crippen MR) is 65.4 cm³/mol. The molecule has 0 N–H and O–H groups in total. The zero-order chi connectivity index (χ0) is 13.2. The van der Waals surface area contributed by atoms with Gasteiger partial charge in [0.2, 0.25) is 0 Å². The van der Waals surface area contributed by atoms with Crippen LogP contribution in [0.4, 0.5) is 0 Å². The standard InChI is InChI=1S/C7H19O6P3/c1-11-16(10,12-2)13-7(14(3,4)8)15(5,6)9/h7H,1-6H3. The van der Waals surface area contributed by atoms with Crippen LogP contribution in [0.15, 0.2) is 0 Å². The van der Waals surface area contributed by atoms with Crippen molar-refractivity contribution in [3.8, 4) is 0 Å². The predicted octanol–water partition coefficient (Wildman–Crippen LogP) is 2.93. The highest BCUT2D eigenvalue weighted by Crippen LogP contribution is 2.67. The highest BCUT2D eigenvalue weighted by atomic mass is 31.2. The minimum absolute atomic E-state index is 1.12. The largest absolute Gasteiger partial charge is 0.475 e. The molecule has 0 heterocycles. The molecule has 9 heteroatoms. The molecule has 0 atom stereocenters. The number of rotatable bonds is 6. The molecule has 0 aliphatic rings. The Labute approximate surface area is 96.4 Å². The molecular weight excluding hydrogens is 273 g/mol. The smallest absolute Gasteiger partial charge is 0.321 e. The summed E-state index contributed by atoms with van der Waals surface area (Å²) in [6, 6.07) is 0. The normalized spacial score (nSPS) is 14.4. The number of phosphoric acid groups is 1.